The van der Waals surface area contributed by atoms with Crippen LogP contribution in [-0.4, -0.2) is 30.0 Å². The van der Waals surface area contributed by atoms with Crippen LogP contribution in [0.3, 0.4) is 0 Å². The molecule has 0 N–H and O–H groups in total. The van der Waals surface area contributed by atoms with E-state index in [1.165, 1.54) is 0 Å². The van der Waals surface area contributed by atoms with Crippen LogP contribution in [-0.2, 0) is 0 Å². The highest BCUT2D eigenvalue weighted by Gasteiger charge is 3.03. The van der Waals surface area contributed by atoms with E-state index in [2.05, 4.69) is 260 Å². The Hall–Kier alpha value is -0.172. The molecule has 2 spiro atoms. The lowest BCUT2D eigenvalue weighted by Gasteiger charge is -2.99. The van der Waals surface area contributed by atoms with E-state index in [0.29, 0.717) is 0 Å². The van der Waals surface area contributed by atoms with Crippen LogP contribution >= 0.6 is 0 Å². The largest absolute Gasteiger partial charge is 0.109 e. The van der Waals surface area contributed by atoms with E-state index >= 15 is 0 Å². The van der Waals surface area contributed by atoms with Gasteiger partial charge in [0.05, 0.1) is 0 Å². The van der Waals surface area contributed by atoms with E-state index < -0.39 is 30.0 Å². The third-order valence-electron chi connectivity index (χ3n) is 18.5. The zero-order chi connectivity index (χ0) is 50.8. The van der Waals surface area contributed by atoms with Gasteiger partial charge in [-0.15, -0.1) is 0 Å². The minimum Gasteiger partial charge on any atom is -0.0728 e. The summed E-state index contributed by atoms with van der Waals surface area (Å²) in [7, 11) is -7.37. The molecule has 64 heavy (non-hydrogen) atoms. The Balaban J connectivity index is 2.25. The van der Waals surface area contributed by atoms with Crippen LogP contribution in [0, 0.1) is 54.1 Å². The molecule has 6 aliphatic rings. The van der Waals surface area contributed by atoms with Crippen LogP contribution in [0.4, 0.5) is 0 Å². The Kier molecular flexibility index (Phi) is 10.5. The fourth-order valence-corrected chi connectivity index (χ4v) is 106. The highest BCUT2D eigenvalue weighted by Crippen LogP contribution is 3.07. The summed E-state index contributed by atoms with van der Waals surface area (Å²) in [6.07, 6.45) is 0. The lowest BCUT2D eigenvalue weighted by Crippen LogP contribution is -3.02. The number of hydrogen-bond donors (Lipinski definition) is 0. The van der Waals surface area contributed by atoms with E-state index in [4.69, 9.17) is 0 Å². The van der Waals surface area contributed by atoms with Crippen molar-refractivity contribution in [2.24, 2.45) is 54.1 Å². The lowest BCUT2D eigenvalue weighted by molar-refractivity contribution is 0.112. The molecule has 4 aliphatic heterocycles. The van der Waals surface area contributed by atoms with Crippen LogP contribution in [0.25, 0.3) is 0 Å². The molecule has 0 nitrogen and oxygen atoms in total. The van der Waals surface area contributed by atoms with Crippen molar-refractivity contribution < 1.29 is 0 Å². The summed E-state index contributed by atoms with van der Waals surface area (Å²) >= 11 is 0. The first kappa shape index (κ1) is 53.2. The molecule has 364 valence electrons. The van der Waals surface area contributed by atoms with Gasteiger partial charge in [-0.1, -0.05) is 293 Å². The van der Waals surface area contributed by atoms with Crippen molar-refractivity contribution in [1.29, 1.82) is 0 Å². The molecule has 0 saturated carbocycles. The van der Waals surface area contributed by atoms with Gasteiger partial charge in [0, 0.05) is 20.2 Å². The highest BCUT2D eigenvalue weighted by atomic mass is 29.6. The maximum absolute atomic E-state index is 2.85. The maximum atomic E-state index is 2.85. The summed E-state index contributed by atoms with van der Waals surface area (Å²) in [5.74, 6) is 0. The van der Waals surface area contributed by atoms with Crippen molar-refractivity contribution in [3.05, 3.63) is 43.8 Å². The van der Waals surface area contributed by atoms with Gasteiger partial charge in [-0.2, -0.15) is 0 Å². The summed E-state index contributed by atoms with van der Waals surface area (Å²) in [5.41, 5.74) is 12.6. The van der Waals surface area contributed by atoms with E-state index in [1.807, 2.05) is 33.4 Å². The Morgan fingerprint density at radius 3 is 0.562 bits per heavy atom. The number of hydrogen-bond acceptors (Lipinski definition) is 0. The Morgan fingerprint density at radius 2 is 0.438 bits per heavy atom. The monoisotopic (exact) mass is 941 g/mol. The maximum Gasteiger partial charge on any atom is 0.109 e. The summed E-state index contributed by atoms with van der Waals surface area (Å²) in [5, 5.41) is 5.22. The first-order chi connectivity index (χ1) is 27.4. The third-order valence-corrected chi connectivity index (χ3v) is 69.5. The number of rotatable bonds is 0. The smallest absolute Gasteiger partial charge is 0.0728 e. The molecule has 4 heteroatoms. The van der Waals surface area contributed by atoms with Crippen LogP contribution < -0.4 is 0 Å². The topological polar surface area (TPSA) is 0 Å². The average Bonchev–Trinajstić information content (AvgIpc) is 2.84. The van der Waals surface area contributed by atoms with Crippen molar-refractivity contribution in [1.82, 2.24) is 0 Å². The minimum absolute atomic E-state index is 0.0718. The number of allylic oxidation sites excluding steroid dienone is 8. The zero-order valence-corrected chi connectivity index (χ0v) is 54.0. The molecule has 0 aromatic heterocycles. The van der Waals surface area contributed by atoms with Gasteiger partial charge in [-0.05, 0) is 79.0 Å². The van der Waals surface area contributed by atoms with Crippen molar-refractivity contribution >= 4 is 30.0 Å². The lowest BCUT2D eigenvalue weighted by atomic mass is 9.43. The van der Waals surface area contributed by atoms with Gasteiger partial charge in [0.15, 0.2) is 0 Å². The van der Waals surface area contributed by atoms with E-state index in [1.54, 1.807) is 0 Å². The molecule has 0 bridgehead atoms. The highest BCUT2D eigenvalue weighted by molar-refractivity contribution is 7.67. The van der Waals surface area contributed by atoms with Crippen molar-refractivity contribution in [3.63, 3.8) is 0 Å². The summed E-state index contributed by atoms with van der Waals surface area (Å²) in [6, 6.07) is 0. The molecule has 4 heterocycles. The molecule has 0 amide bonds. The Labute approximate surface area is 405 Å². The normalized spacial score (nSPS) is 35.4. The van der Waals surface area contributed by atoms with Crippen LogP contribution in [0.1, 0.15) is 249 Å². The van der Waals surface area contributed by atoms with Crippen LogP contribution in [0.5, 0.6) is 0 Å². The van der Waals surface area contributed by atoms with Gasteiger partial charge in [0.2, 0.25) is 0 Å². The average molecular weight is 942 g/mol. The minimum atomic E-state index is -2.48. The molecule has 0 unspecified atom stereocenters. The first-order valence-electron chi connectivity index (χ1n) is 26.2. The molecule has 0 aromatic carbocycles. The van der Waals surface area contributed by atoms with Gasteiger partial charge in [0.25, 0.3) is 0 Å². The molecule has 2 saturated heterocycles. The van der Waals surface area contributed by atoms with E-state index in [0.717, 1.165) is 0 Å². The van der Waals surface area contributed by atoms with Crippen molar-refractivity contribution in [2.45, 2.75) is 279 Å². The summed E-state index contributed by atoms with van der Waals surface area (Å²) < 4.78 is 0. The fourth-order valence-electron chi connectivity index (χ4n) is 19.5. The molecule has 6 rings (SSSR count). The fraction of sp³-hybridized carbons (Fsp3) is 0.867. The molecule has 6 atom stereocenters. The standard InChI is InChI=1S/C60H108Si4/c1-45(2,3)37-39(47(7,8)9)59(53(25,26)27)57(37)41(49(13,14)15)43(51(19,20)21)63(57,55(31,32)33)61(59)62-60(54(28,29)30)40(48(10,11)12)38(46(4,5)6)58(60)42(50(16,17)18)44(52(22,23)24)64(58,62)56(34,35)36/h1-36H3/t57-,58-,59+,60+,63+,64+/m1/s1. The second-order valence-corrected chi connectivity index (χ2v) is 60.2. The SMILES string of the molecule is CC(C)(C)C1=C(C(C)(C)C)[C@@]2(C(C)(C)C)[Si](=[Si]3[C@]4(C(C)(C)C)C(C(C)(C)C)=C(C(C)(C)C)[C@@]45C(C(C)(C)C)=C(C(C)(C)C)[Si@@]35C(C)(C)C)[Si@]3(C(C)(C)C)C(C(C)(C)C)=C(C(C)(C)C)[C@]123. The first-order valence-corrected chi connectivity index (χ1v) is 36.2. The Morgan fingerprint density at radius 1 is 0.250 bits per heavy atom. The van der Waals surface area contributed by atoms with Crippen LogP contribution in [0.15, 0.2) is 43.8 Å². The van der Waals surface area contributed by atoms with Gasteiger partial charge in [-0.25, -0.2) is 0 Å². The molecular formula is C60H108Si4. The zero-order valence-electron chi connectivity index (χ0n) is 50.0. The van der Waals surface area contributed by atoms with Gasteiger partial charge >= 0.3 is 0 Å². The second-order valence-electron chi connectivity index (χ2n) is 35.2. The van der Waals surface area contributed by atoms with Gasteiger partial charge < -0.3 is 0 Å². The molecule has 0 aromatic rings. The van der Waals surface area contributed by atoms with Gasteiger partial charge in [-0.3, -0.25) is 0 Å². The third kappa shape index (κ3) is 5.10. The quantitative estimate of drug-likeness (QED) is 0.168. The van der Waals surface area contributed by atoms with Crippen LogP contribution in [0.2, 0.25) is 30.2 Å². The predicted molar refractivity (Wildman–Crippen MR) is 296 cm³/mol. The summed E-state index contributed by atoms with van der Waals surface area (Å²) in [4.78, 5) is 0. The Bertz CT molecular complexity index is 1940. The van der Waals surface area contributed by atoms with E-state index in [9.17, 15) is 0 Å². The van der Waals surface area contributed by atoms with Crippen molar-refractivity contribution in [3.8, 4) is 0 Å². The molecule has 2 fully saturated rings. The molecular weight excluding hydrogens is 833 g/mol. The second kappa shape index (κ2) is 12.6. The predicted octanol–water partition coefficient (Wildman–Crippen LogP) is 19.5. The summed E-state index contributed by atoms with van der Waals surface area (Å²) in [6.45, 7) is 98.2. The molecule has 0 radical (unpaired) electrons. The van der Waals surface area contributed by atoms with Crippen molar-refractivity contribution in [2.75, 3.05) is 0 Å². The van der Waals surface area contributed by atoms with Gasteiger partial charge in [0.1, 0.15) is 15.2 Å². The molecule has 2 aliphatic carbocycles. The van der Waals surface area contributed by atoms with E-state index in [-0.39, 0.29) is 84.4 Å².